The minimum Gasteiger partial charge on any atom is -0.504 e. The maximum absolute atomic E-state index is 11.8. The highest BCUT2D eigenvalue weighted by atomic mass is 16.5. The quantitative estimate of drug-likeness (QED) is 0.569. The van der Waals surface area contributed by atoms with Crippen molar-refractivity contribution >= 4 is 11.9 Å². The fourth-order valence-corrected chi connectivity index (χ4v) is 2.69. The van der Waals surface area contributed by atoms with E-state index in [0.29, 0.717) is 25.7 Å². The van der Waals surface area contributed by atoms with Crippen LogP contribution in [-0.2, 0) is 20.7 Å². The van der Waals surface area contributed by atoms with Crippen molar-refractivity contribution < 1.29 is 29.6 Å². The third-order valence-electron chi connectivity index (χ3n) is 3.93. The van der Waals surface area contributed by atoms with Gasteiger partial charge >= 0.3 is 11.9 Å². The summed E-state index contributed by atoms with van der Waals surface area (Å²) in [5.74, 6) is -2.06. The molecule has 0 aliphatic heterocycles. The number of hydrogen-bond acceptors (Lipinski definition) is 5. The van der Waals surface area contributed by atoms with Crippen molar-refractivity contribution in [3.63, 3.8) is 0 Å². The first-order valence-corrected chi connectivity index (χ1v) is 7.39. The Morgan fingerprint density at radius 1 is 1.18 bits per heavy atom. The number of aryl methyl sites for hydroxylation is 1. The van der Waals surface area contributed by atoms with Crippen LogP contribution in [0.5, 0.6) is 11.5 Å². The maximum atomic E-state index is 11.8. The predicted octanol–water partition coefficient (Wildman–Crippen LogP) is 2.22. The van der Waals surface area contributed by atoms with Crippen LogP contribution in [0.1, 0.15) is 37.7 Å². The summed E-state index contributed by atoms with van der Waals surface area (Å²) in [7, 11) is 0. The number of carboxylic acids is 1. The van der Waals surface area contributed by atoms with Gasteiger partial charge in [0.15, 0.2) is 11.5 Å². The molecule has 1 aliphatic carbocycles. The van der Waals surface area contributed by atoms with Gasteiger partial charge in [-0.05, 0) is 49.8 Å². The molecule has 0 bridgehead atoms. The third kappa shape index (κ3) is 4.38. The highest BCUT2D eigenvalue weighted by Gasteiger charge is 2.29. The van der Waals surface area contributed by atoms with Crippen molar-refractivity contribution in [1.82, 2.24) is 0 Å². The van der Waals surface area contributed by atoms with Crippen LogP contribution in [0.4, 0.5) is 0 Å². The Morgan fingerprint density at radius 3 is 2.64 bits per heavy atom. The molecule has 22 heavy (non-hydrogen) atoms. The first-order chi connectivity index (χ1) is 10.5. The molecule has 2 atom stereocenters. The maximum Gasteiger partial charge on any atom is 0.306 e. The van der Waals surface area contributed by atoms with Crippen LogP contribution in [0, 0.1) is 5.92 Å². The Balaban J connectivity index is 1.80. The van der Waals surface area contributed by atoms with E-state index in [9.17, 15) is 19.8 Å². The minimum atomic E-state index is -0.833. The van der Waals surface area contributed by atoms with Gasteiger partial charge in [-0.1, -0.05) is 6.07 Å². The molecule has 0 saturated heterocycles. The van der Waals surface area contributed by atoms with E-state index in [1.54, 1.807) is 6.07 Å². The highest BCUT2D eigenvalue weighted by molar-refractivity contribution is 5.71. The highest BCUT2D eigenvalue weighted by Crippen LogP contribution is 2.28. The Labute approximate surface area is 128 Å². The molecule has 1 saturated carbocycles. The summed E-state index contributed by atoms with van der Waals surface area (Å²) < 4.78 is 5.33. The summed E-state index contributed by atoms with van der Waals surface area (Å²) in [6, 6.07) is 4.40. The number of carbonyl (C=O) groups excluding carboxylic acids is 1. The van der Waals surface area contributed by atoms with Crippen LogP contribution in [0.25, 0.3) is 0 Å². The largest absolute Gasteiger partial charge is 0.504 e. The molecular formula is C16H20O6. The Morgan fingerprint density at radius 2 is 1.95 bits per heavy atom. The zero-order valence-electron chi connectivity index (χ0n) is 12.2. The molecule has 0 spiro atoms. The minimum absolute atomic E-state index is 0.151. The van der Waals surface area contributed by atoms with Crippen LogP contribution < -0.4 is 0 Å². The molecule has 3 N–H and O–H groups in total. The average Bonchev–Trinajstić information content (AvgIpc) is 2.49. The summed E-state index contributed by atoms with van der Waals surface area (Å²) in [6.45, 7) is 0. The zero-order valence-corrected chi connectivity index (χ0v) is 12.2. The monoisotopic (exact) mass is 308 g/mol. The molecule has 0 heterocycles. The second kappa shape index (κ2) is 7.15. The summed E-state index contributed by atoms with van der Waals surface area (Å²) in [5, 5.41) is 27.6. The Kier molecular flexibility index (Phi) is 5.25. The summed E-state index contributed by atoms with van der Waals surface area (Å²) in [5.41, 5.74) is 0.722. The van der Waals surface area contributed by atoms with E-state index in [1.165, 1.54) is 12.1 Å². The number of aliphatic carboxylic acids is 1. The van der Waals surface area contributed by atoms with Crippen LogP contribution in [0.15, 0.2) is 18.2 Å². The summed E-state index contributed by atoms with van der Waals surface area (Å²) >= 11 is 0. The second-order valence-corrected chi connectivity index (χ2v) is 5.64. The fourth-order valence-electron chi connectivity index (χ4n) is 2.69. The smallest absolute Gasteiger partial charge is 0.306 e. The van der Waals surface area contributed by atoms with E-state index in [0.717, 1.165) is 12.0 Å². The fraction of sp³-hybridized carbons (Fsp3) is 0.500. The van der Waals surface area contributed by atoms with Gasteiger partial charge in [-0.15, -0.1) is 0 Å². The molecule has 0 aromatic heterocycles. The van der Waals surface area contributed by atoms with Gasteiger partial charge < -0.3 is 20.1 Å². The molecule has 1 aliphatic rings. The topological polar surface area (TPSA) is 104 Å². The number of benzene rings is 1. The predicted molar refractivity (Wildman–Crippen MR) is 77.6 cm³/mol. The number of carbonyl (C=O) groups is 2. The van der Waals surface area contributed by atoms with Gasteiger partial charge in [0.05, 0.1) is 5.92 Å². The summed E-state index contributed by atoms with van der Waals surface area (Å²) in [4.78, 5) is 22.8. The lowest BCUT2D eigenvalue weighted by Gasteiger charge is -2.26. The lowest BCUT2D eigenvalue weighted by molar-refractivity contribution is -0.155. The number of rotatable bonds is 5. The van der Waals surface area contributed by atoms with E-state index in [2.05, 4.69) is 0 Å². The van der Waals surface area contributed by atoms with Crippen LogP contribution >= 0.6 is 0 Å². The molecule has 6 nitrogen and oxygen atoms in total. The van der Waals surface area contributed by atoms with Gasteiger partial charge in [0.2, 0.25) is 0 Å². The van der Waals surface area contributed by atoms with Gasteiger partial charge in [0.25, 0.3) is 0 Å². The molecule has 0 amide bonds. The molecule has 1 aromatic rings. The van der Waals surface area contributed by atoms with Crippen molar-refractivity contribution in [3.8, 4) is 11.5 Å². The number of aromatic hydroxyl groups is 2. The van der Waals surface area contributed by atoms with E-state index < -0.39 is 11.9 Å². The third-order valence-corrected chi connectivity index (χ3v) is 3.93. The number of hydrogen-bond donors (Lipinski definition) is 3. The lowest BCUT2D eigenvalue weighted by atomic mass is 9.87. The molecule has 2 rings (SSSR count). The first kappa shape index (κ1) is 16.1. The van der Waals surface area contributed by atoms with Crippen molar-refractivity contribution in [1.29, 1.82) is 0 Å². The average molecular weight is 308 g/mol. The number of phenols is 2. The zero-order chi connectivity index (χ0) is 16.1. The van der Waals surface area contributed by atoms with Crippen LogP contribution in [0.2, 0.25) is 0 Å². The molecular weight excluding hydrogens is 288 g/mol. The van der Waals surface area contributed by atoms with Gasteiger partial charge in [0.1, 0.15) is 6.10 Å². The molecule has 120 valence electrons. The SMILES string of the molecule is O=C(CCc1ccc(O)c(O)c1)O[C@H]1CCC[C@@H](C(=O)O)C1. The van der Waals surface area contributed by atoms with Crippen LogP contribution in [-0.4, -0.2) is 33.4 Å². The standard InChI is InChI=1S/C16H20O6/c17-13-6-4-10(8-14(13)18)5-7-15(19)22-12-3-1-2-11(9-12)16(20)21/h4,6,8,11-12,17-18H,1-3,5,7,9H2,(H,20,21)/t11-,12+/m1/s1. The first-order valence-electron chi connectivity index (χ1n) is 7.39. The number of carboxylic acid groups (broad SMARTS) is 1. The molecule has 0 radical (unpaired) electrons. The van der Waals surface area contributed by atoms with Gasteiger partial charge in [0, 0.05) is 6.42 Å². The van der Waals surface area contributed by atoms with Gasteiger partial charge in [-0.2, -0.15) is 0 Å². The number of phenolic OH excluding ortho intramolecular Hbond substituents is 2. The Hall–Kier alpha value is -2.24. The van der Waals surface area contributed by atoms with E-state index in [1.807, 2.05) is 0 Å². The van der Waals surface area contributed by atoms with Gasteiger partial charge in [-0.25, -0.2) is 0 Å². The van der Waals surface area contributed by atoms with Crippen molar-refractivity contribution in [2.24, 2.45) is 5.92 Å². The normalized spacial score (nSPS) is 21.3. The Bertz CT molecular complexity index is 554. The van der Waals surface area contributed by atoms with E-state index in [-0.39, 0.29) is 30.0 Å². The molecule has 1 fully saturated rings. The molecule has 6 heteroatoms. The van der Waals surface area contributed by atoms with E-state index >= 15 is 0 Å². The van der Waals surface area contributed by atoms with Crippen LogP contribution in [0.3, 0.4) is 0 Å². The molecule has 0 unspecified atom stereocenters. The van der Waals surface area contributed by atoms with Crippen molar-refractivity contribution in [2.75, 3.05) is 0 Å². The van der Waals surface area contributed by atoms with Crippen molar-refractivity contribution in [3.05, 3.63) is 23.8 Å². The van der Waals surface area contributed by atoms with Crippen molar-refractivity contribution in [2.45, 2.75) is 44.6 Å². The van der Waals surface area contributed by atoms with Gasteiger partial charge in [-0.3, -0.25) is 9.59 Å². The summed E-state index contributed by atoms with van der Waals surface area (Å²) in [6.07, 6.45) is 2.68. The number of esters is 1. The second-order valence-electron chi connectivity index (χ2n) is 5.64. The number of ether oxygens (including phenoxy) is 1. The lowest BCUT2D eigenvalue weighted by Crippen LogP contribution is -2.29. The van der Waals surface area contributed by atoms with E-state index in [4.69, 9.17) is 9.84 Å². The molecule has 1 aromatic carbocycles.